The van der Waals surface area contributed by atoms with Crippen molar-refractivity contribution >= 4 is 23.0 Å². The van der Waals surface area contributed by atoms with Crippen LogP contribution in [0.4, 0.5) is 5.69 Å². The number of morpholine rings is 1. The first-order valence-corrected chi connectivity index (χ1v) is 8.55. The predicted molar refractivity (Wildman–Crippen MR) is 101 cm³/mol. The third-order valence-electron chi connectivity index (χ3n) is 3.79. The van der Waals surface area contributed by atoms with Gasteiger partial charge in [-0.1, -0.05) is 18.2 Å². The quantitative estimate of drug-likeness (QED) is 0.842. The highest BCUT2D eigenvalue weighted by molar-refractivity contribution is 7.80. The zero-order valence-electron chi connectivity index (χ0n) is 13.9. The van der Waals surface area contributed by atoms with E-state index < -0.39 is 0 Å². The van der Waals surface area contributed by atoms with Crippen molar-refractivity contribution in [1.29, 1.82) is 0 Å². The maximum atomic E-state index is 5.80. The number of nitrogens with one attached hydrogen (secondary N) is 1. The molecular weight excluding hydrogens is 320 g/mol. The molecule has 0 aromatic heterocycles. The van der Waals surface area contributed by atoms with Gasteiger partial charge in [-0.15, -0.1) is 0 Å². The lowest BCUT2D eigenvalue weighted by atomic mass is 10.2. The zero-order chi connectivity index (χ0) is 16.9. The van der Waals surface area contributed by atoms with Gasteiger partial charge in [-0.3, -0.25) is 0 Å². The molecule has 126 valence electrons. The number of ether oxygens (including phenoxy) is 2. The number of rotatable bonds is 3. The number of anilines is 1. The van der Waals surface area contributed by atoms with Gasteiger partial charge in [0.25, 0.3) is 0 Å². The van der Waals surface area contributed by atoms with Crippen LogP contribution in [0.2, 0.25) is 0 Å². The summed E-state index contributed by atoms with van der Waals surface area (Å²) in [5, 5.41) is 4.02. The molecule has 1 saturated heterocycles. The minimum Gasteiger partial charge on any atom is -0.457 e. The summed E-state index contributed by atoms with van der Waals surface area (Å²) < 4.78 is 11.5. The van der Waals surface area contributed by atoms with Gasteiger partial charge in [0.05, 0.1) is 12.2 Å². The Labute approximate surface area is 148 Å². The molecule has 0 bridgehead atoms. The molecule has 0 radical (unpaired) electrons. The van der Waals surface area contributed by atoms with E-state index in [1.807, 2.05) is 54.6 Å². The van der Waals surface area contributed by atoms with Gasteiger partial charge in [-0.2, -0.15) is 0 Å². The minimum absolute atomic E-state index is 0.190. The maximum Gasteiger partial charge on any atom is 0.173 e. The van der Waals surface area contributed by atoms with Crippen molar-refractivity contribution in [3.8, 4) is 11.5 Å². The van der Waals surface area contributed by atoms with Gasteiger partial charge in [0, 0.05) is 18.8 Å². The first-order chi connectivity index (χ1) is 11.6. The van der Waals surface area contributed by atoms with Gasteiger partial charge in [-0.25, -0.2) is 0 Å². The van der Waals surface area contributed by atoms with Gasteiger partial charge in [-0.05, 0) is 62.5 Å². The average Bonchev–Trinajstić information content (AvgIpc) is 2.57. The standard InChI is InChI=1S/C19H22N2O2S/c1-14-12-21(13-15(2)22-14)19(24)20-16-8-10-18(11-9-16)23-17-6-4-3-5-7-17/h3-11,14-15H,12-13H2,1-2H3,(H,20,24)/t14-,15+. The van der Waals surface area contributed by atoms with Crippen molar-refractivity contribution in [2.75, 3.05) is 18.4 Å². The Morgan fingerprint density at radius 1 is 1.00 bits per heavy atom. The molecule has 1 heterocycles. The largest absolute Gasteiger partial charge is 0.457 e. The molecule has 1 aliphatic heterocycles. The van der Waals surface area contributed by atoms with Crippen LogP contribution in [0, 0.1) is 0 Å². The SMILES string of the molecule is C[C@@H]1CN(C(=S)Nc2ccc(Oc3ccccc3)cc2)C[C@H](C)O1. The number of para-hydroxylation sites is 1. The molecule has 24 heavy (non-hydrogen) atoms. The van der Waals surface area contributed by atoms with E-state index in [0.717, 1.165) is 35.4 Å². The van der Waals surface area contributed by atoms with Gasteiger partial charge < -0.3 is 19.7 Å². The second-order valence-corrected chi connectivity index (χ2v) is 6.42. The summed E-state index contributed by atoms with van der Waals surface area (Å²) in [6, 6.07) is 17.5. The fourth-order valence-corrected chi connectivity index (χ4v) is 3.04. The van der Waals surface area contributed by atoms with E-state index in [-0.39, 0.29) is 12.2 Å². The number of thiocarbonyl (C=S) groups is 1. The van der Waals surface area contributed by atoms with E-state index >= 15 is 0 Å². The molecule has 1 N–H and O–H groups in total. The monoisotopic (exact) mass is 342 g/mol. The normalized spacial score (nSPS) is 20.5. The Bertz CT molecular complexity index is 666. The fraction of sp³-hybridized carbons (Fsp3) is 0.316. The first kappa shape index (κ1) is 16.7. The minimum atomic E-state index is 0.190. The zero-order valence-corrected chi connectivity index (χ0v) is 14.8. The highest BCUT2D eigenvalue weighted by Crippen LogP contribution is 2.23. The maximum absolute atomic E-state index is 5.80. The Morgan fingerprint density at radius 3 is 2.21 bits per heavy atom. The molecule has 0 saturated carbocycles. The van der Waals surface area contributed by atoms with Crippen LogP contribution in [0.1, 0.15) is 13.8 Å². The fourth-order valence-electron chi connectivity index (χ4n) is 2.78. The van der Waals surface area contributed by atoms with Crippen LogP contribution in [-0.2, 0) is 4.74 Å². The molecule has 2 atom stereocenters. The second-order valence-electron chi connectivity index (χ2n) is 6.03. The van der Waals surface area contributed by atoms with Crippen LogP contribution in [0.25, 0.3) is 0 Å². The molecule has 2 aromatic carbocycles. The number of nitrogens with zero attached hydrogens (tertiary/aromatic N) is 1. The highest BCUT2D eigenvalue weighted by Gasteiger charge is 2.23. The van der Waals surface area contributed by atoms with E-state index in [1.54, 1.807) is 0 Å². The molecule has 2 aromatic rings. The number of hydrogen-bond acceptors (Lipinski definition) is 3. The molecule has 1 fully saturated rings. The molecule has 0 unspecified atom stereocenters. The lowest BCUT2D eigenvalue weighted by molar-refractivity contribution is -0.0473. The molecule has 0 amide bonds. The van der Waals surface area contributed by atoms with Crippen molar-refractivity contribution < 1.29 is 9.47 Å². The van der Waals surface area contributed by atoms with E-state index in [2.05, 4.69) is 24.1 Å². The van der Waals surface area contributed by atoms with Gasteiger partial charge >= 0.3 is 0 Å². The second kappa shape index (κ2) is 7.64. The third-order valence-corrected chi connectivity index (χ3v) is 4.15. The highest BCUT2D eigenvalue weighted by atomic mass is 32.1. The molecule has 1 aliphatic rings. The Hall–Kier alpha value is -2.11. The van der Waals surface area contributed by atoms with Crippen LogP contribution < -0.4 is 10.1 Å². The summed E-state index contributed by atoms with van der Waals surface area (Å²) in [4.78, 5) is 2.16. The van der Waals surface area contributed by atoms with Gasteiger partial charge in [0.15, 0.2) is 5.11 Å². The lowest BCUT2D eigenvalue weighted by Gasteiger charge is -2.36. The summed E-state index contributed by atoms with van der Waals surface area (Å²) in [7, 11) is 0. The van der Waals surface area contributed by atoms with E-state index in [1.165, 1.54) is 0 Å². The summed E-state index contributed by atoms with van der Waals surface area (Å²) >= 11 is 5.53. The van der Waals surface area contributed by atoms with Gasteiger partial charge in [0.2, 0.25) is 0 Å². The number of benzene rings is 2. The van der Waals surface area contributed by atoms with Crippen LogP contribution in [-0.4, -0.2) is 35.3 Å². The van der Waals surface area contributed by atoms with Crippen LogP contribution >= 0.6 is 12.2 Å². The lowest BCUT2D eigenvalue weighted by Crippen LogP contribution is -2.49. The average molecular weight is 342 g/mol. The summed E-state index contributed by atoms with van der Waals surface area (Å²) in [5.41, 5.74) is 0.951. The van der Waals surface area contributed by atoms with Crippen LogP contribution in [0.3, 0.4) is 0 Å². The molecule has 0 aliphatic carbocycles. The molecule has 5 heteroatoms. The Kier molecular flexibility index (Phi) is 5.33. The molecule has 4 nitrogen and oxygen atoms in total. The molecule has 3 rings (SSSR count). The molecule has 0 spiro atoms. The van der Waals surface area contributed by atoms with Gasteiger partial charge in [0.1, 0.15) is 11.5 Å². The van der Waals surface area contributed by atoms with E-state index in [4.69, 9.17) is 21.7 Å². The summed E-state index contributed by atoms with van der Waals surface area (Å²) in [5.74, 6) is 1.62. The van der Waals surface area contributed by atoms with Crippen LogP contribution in [0.15, 0.2) is 54.6 Å². The first-order valence-electron chi connectivity index (χ1n) is 8.14. The van der Waals surface area contributed by atoms with Crippen molar-refractivity contribution in [3.63, 3.8) is 0 Å². The van der Waals surface area contributed by atoms with Crippen molar-refractivity contribution in [2.45, 2.75) is 26.1 Å². The van der Waals surface area contributed by atoms with Crippen LogP contribution in [0.5, 0.6) is 11.5 Å². The Balaban J connectivity index is 1.58. The number of hydrogen-bond donors (Lipinski definition) is 1. The predicted octanol–water partition coefficient (Wildman–Crippen LogP) is 4.28. The smallest absolute Gasteiger partial charge is 0.173 e. The molecular formula is C19H22N2O2S. The van der Waals surface area contributed by atoms with Crippen molar-refractivity contribution in [1.82, 2.24) is 4.90 Å². The summed E-state index contributed by atoms with van der Waals surface area (Å²) in [6.45, 7) is 5.76. The van der Waals surface area contributed by atoms with E-state index in [0.29, 0.717) is 0 Å². The topological polar surface area (TPSA) is 33.7 Å². The van der Waals surface area contributed by atoms with Crippen molar-refractivity contribution in [2.24, 2.45) is 0 Å². The Morgan fingerprint density at radius 2 is 1.58 bits per heavy atom. The van der Waals surface area contributed by atoms with E-state index in [9.17, 15) is 0 Å². The third kappa shape index (κ3) is 4.46. The summed E-state index contributed by atoms with van der Waals surface area (Å²) in [6.07, 6.45) is 0.380. The van der Waals surface area contributed by atoms with Crippen molar-refractivity contribution in [3.05, 3.63) is 54.6 Å².